The van der Waals surface area contributed by atoms with Crippen molar-refractivity contribution >= 4 is 28.3 Å². The van der Waals surface area contributed by atoms with E-state index < -0.39 is 0 Å². The van der Waals surface area contributed by atoms with Crippen LogP contribution >= 0.6 is 22.6 Å². The van der Waals surface area contributed by atoms with Gasteiger partial charge in [-0.25, -0.2) is 4.98 Å². The molecule has 0 fully saturated rings. The van der Waals surface area contributed by atoms with Gasteiger partial charge in [-0.15, -0.1) is 0 Å². The number of anilines is 1. The number of benzene rings is 1. The van der Waals surface area contributed by atoms with Crippen LogP contribution < -0.4 is 10.5 Å². The minimum absolute atomic E-state index is 0.462. The van der Waals surface area contributed by atoms with Crippen molar-refractivity contribution in [1.82, 2.24) is 4.98 Å². The summed E-state index contributed by atoms with van der Waals surface area (Å²) in [6.45, 7) is 1.91. The molecule has 1 heterocycles. The molecule has 3 nitrogen and oxygen atoms in total. The number of para-hydroxylation sites is 1. The molecule has 0 saturated heterocycles. The van der Waals surface area contributed by atoms with E-state index >= 15 is 0 Å². The van der Waals surface area contributed by atoms with Crippen LogP contribution in [0, 0.1) is 10.5 Å². The molecule has 2 N–H and O–H groups in total. The first kappa shape index (κ1) is 11.2. The van der Waals surface area contributed by atoms with Gasteiger partial charge >= 0.3 is 0 Å². The maximum atomic E-state index is 5.80. The summed E-state index contributed by atoms with van der Waals surface area (Å²) < 4.78 is 6.71. The fourth-order valence-electron chi connectivity index (χ4n) is 1.26. The molecular weight excluding hydrogens is 315 g/mol. The van der Waals surface area contributed by atoms with Crippen LogP contribution in [0.2, 0.25) is 0 Å². The van der Waals surface area contributed by atoms with E-state index in [0.717, 1.165) is 15.0 Å². The van der Waals surface area contributed by atoms with Crippen molar-refractivity contribution in [1.29, 1.82) is 0 Å². The topological polar surface area (TPSA) is 48.1 Å². The molecule has 0 aliphatic carbocycles. The van der Waals surface area contributed by atoms with Gasteiger partial charge in [0.05, 0.1) is 9.26 Å². The molecule has 82 valence electrons. The van der Waals surface area contributed by atoms with Crippen LogP contribution in [0.25, 0.3) is 0 Å². The number of rotatable bonds is 2. The predicted octanol–water partition coefficient (Wildman–Crippen LogP) is 3.37. The zero-order valence-electron chi connectivity index (χ0n) is 8.77. The monoisotopic (exact) mass is 326 g/mol. The molecule has 0 aliphatic heterocycles. The van der Waals surface area contributed by atoms with Gasteiger partial charge in [0.15, 0.2) is 0 Å². The summed E-state index contributed by atoms with van der Waals surface area (Å²) in [6.07, 6.45) is 0. The van der Waals surface area contributed by atoms with Crippen molar-refractivity contribution in [3.8, 4) is 11.6 Å². The highest BCUT2D eigenvalue weighted by molar-refractivity contribution is 14.1. The van der Waals surface area contributed by atoms with E-state index in [1.807, 2.05) is 37.3 Å². The summed E-state index contributed by atoms with van der Waals surface area (Å²) in [5.41, 5.74) is 7.23. The molecule has 2 aromatic rings. The van der Waals surface area contributed by atoms with Crippen molar-refractivity contribution in [3.05, 3.63) is 45.7 Å². The fourth-order valence-corrected chi connectivity index (χ4v) is 1.75. The van der Waals surface area contributed by atoms with Gasteiger partial charge in [0.25, 0.3) is 0 Å². The Morgan fingerprint density at radius 3 is 2.69 bits per heavy atom. The molecule has 0 atom stereocenters. The van der Waals surface area contributed by atoms with Gasteiger partial charge in [-0.2, -0.15) is 0 Å². The molecule has 4 heteroatoms. The zero-order chi connectivity index (χ0) is 11.5. The Kier molecular flexibility index (Phi) is 3.28. The number of nitrogen functional groups attached to an aromatic ring is 1. The SMILES string of the molecule is Cc1ccc(N)c(Oc2ccccc2I)n1. The number of nitrogens with two attached hydrogens (primary N) is 1. The molecule has 0 radical (unpaired) electrons. The van der Waals surface area contributed by atoms with Gasteiger partial charge in [0, 0.05) is 5.69 Å². The second-order valence-corrected chi connectivity index (χ2v) is 4.54. The maximum absolute atomic E-state index is 5.80. The summed E-state index contributed by atoms with van der Waals surface area (Å²) in [5.74, 6) is 1.23. The van der Waals surface area contributed by atoms with E-state index in [4.69, 9.17) is 10.5 Å². The van der Waals surface area contributed by atoms with Crippen LogP contribution in [0.4, 0.5) is 5.69 Å². The van der Waals surface area contributed by atoms with E-state index in [1.54, 1.807) is 6.07 Å². The van der Waals surface area contributed by atoms with Gasteiger partial charge in [-0.3, -0.25) is 0 Å². The first-order valence-electron chi connectivity index (χ1n) is 4.82. The first-order valence-corrected chi connectivity index (χ1v) is 5.90. The highest BCUT2D eigenvalue weighted by Crippen LogP contribution is 2.28. The third kappa shape index (κ3) is 2.44. The van der Waals surface area contributed by atoms with Crippen LogP contribution in [0.15, 0.2) is 36.4 Å². The Morgan fingerprint density at radius 1 is 1.19 bits per heavy atom. The Bertz CT molecular complexity index is 514. The third-order valence-electron chi connectivity index (χ3n) is 2.07. The van der Waals surface area contributed by atoms with Crippen molar-refractivity contribution in [2.24, 2.45) is 0 Å². The Hall–Kier alpha value is -1.30. The number of pyridine rings is 1. The van der Waals surface area contributed by atoms with E-state index in [0.29, 0.717) is 11.6 Å². The lowest BCUT2D eigenvalue weighted by atomic mass is 10.3. The summed E-state index contributed by atoms with van der Waals surface area (Å²) in [4.78, 5) is 4.26. The Morgan fingerprint density at radius 2 is 1.94 bits per heavy atom. The largest absolute Gasteiger partial charge is 0.436 e. The highest BCUT2D eigenvalue weighted by Gasteiger charge is 2.06. The molecule has 0 aliphatic rings. The molecule has 16 heavy (non-hydrogen) atoms. The van der Waals surface area contributed by atoms with Gasteiger partial charge in [-0.1, -0.05) is 12.1 Å². The van der Waals surface area contributed by atoms with Crippen LogP contribution in [0.5, 0.6) is 11.6 Å². The van der Waals surface area contributed by atoms with Gasteiger partial charge in [0.2, 0.25) is 5.88 Å². The van der Waals surface area contributed by atoms with Crippen molar-refractivity contribution in [3.63, 3.8) is 0 Å². The average Bonchev–Trinajstić information content (AvgIpc) is 2.27. The highest BCUT2D eigenvalue weighted by atomic mass is 127. The molecule has 0 saturated carbocycles. The lowest BCUT2D eigenvalue weighted by Gasteiger charge is -2.09. The summed E-state index contributed by atoms with van der Waals surface area (Å²) >= 11 is 2.21. The summed E-state index contributed by atoms with van der Waals surface area (Å²) in [5, 5.41) is 0. The quantitative estimate of drug-likeness (QED) is 0.861. The van der Waals surface area contributed by atoms with Gasteiger partial charge < -0.3 is 10.5 Å². The number of ether oxygens (including phenoxy) is 1. The average molecular weight is 326 g/mol. The van der Waals surface area contributed by atoms with Crippen LogP contribution in [0.1, 0.15) is 5.69 Å². The van der Waals surface area contributed by atoms with E-state index in [2.05, 4.69) is 27.6 Å². The number of hydrogen-bond acceptors (Lipinski definition) is 3. The van der Waals surface area contributed by atoms with Crippen LogP contribution in [-0.4, -0.2) is 4.98 Å². The van der Waals surface area contributed by atoms with Crippen molar-refractivity contribution < 1.29 is 4.74 Å². The summed E-state index contributed by atoms with van der Waals surface area (Å²) in [7, 11) is 0. The molecule has 0 amide bonds. The van der Waals surface area contributed by atoms with Crippen molar-refractivity contribution in [2.75, 3.05) is 5.73 Å². The smallest absolute Gasteiger partial charge is 0.242 e. The maximum Gasteiger partial charge on any atom is 0.242 e. The summed E-state index contributed by atoms with van der Waals surface area (Å²) in [6, 6.07) is 11.4. The molecule has 0 unspecified atom stereocenters. The van der Waals surface area contributed by atoms with E-state index in [1.165, 1.54) is 0 Å². The first-order chi connectivity index (χ1) is 7.66. The lowest BCUT2D eigenvalue weighted by Crippen LogP contribution is -1.97. The standard InChI is InChI=1S/C12H11IN2O/c1-8-6-7-10(14)12(15-8)16-11-5-3-2-4-9(11)13/h2-7H,14H2,1H3. The zero-order valence-corrected chi connectivity index (χ0v) is 10.9. The Labute approximate surface area is 108 Å². The second-order valence-electron chi connectivity index (χ2n) is 3.38. The number of halogens is 1. The number of aromatic nitrogens is 1. The molecule has 0 spiro atoms. The van der Waals surface area contributed by atoms with Crippen molar-refractivity contribution in [2.45, 2.75) is 6.92 Å². The molecule has 1 aromatic heterocycles. The van der Waals surface area contributed by atoms with Gasteiger partial charge in [0.1, 0.15) is 5.75 Å². The normalized spacial score (nSPS) is 10.1. The predicted molar refractivity (Wildman–Crippen MR) is 72.6 cm³/mol. The lowest BCUT2D eigenvalue weighted by molar-refractivity contribution is 0.461. The van der Waals surface area contributed by atoms with Crippen LogP contribution in [-0.2, 0) is 0 Å². The van der Waals surface area contributed by atoms with Gasteiger partial charge in [-0.05, 0) is 53.8 Å². The molecule has 1 aromatic carbocycles. The molecule has 0 bridgehead atoms. The Balaban J connectivity index is 2.34. The number of aryl methyl sites for hydroxylation is 1. The molecule has 2 rings (SSSR count). The second kappa shape index (κ2) is 4.69. The number of nitrogens with zero attached hydrogens (tertiary/aromatic N) is 1. The minimum Gasteiger partial charge on any atom is -0.436 e. The molecular formula is C12H11IN2O. The third-order valence-corrected chi connectivity index (χ3v) is 2.96. The number of hydrogen-bond donors (Lipinski definition) is 1. The van der Waals surface area contributed by atoms with E-state index in [9.17, 15) is 0 Å². The van der Waals surface area contributed by atoms with Crippen LogP contribution in [0.3, 0.4) is 0 Å². The van der Waals surface area contributed by atoms with E-state index in [-0.39, 0.29) is 0 Å². The fraction of sp³-hybridized carbons (Fsp3) is 0.0833. The minimum atomic E-state index is 0.462.